The summed E-state index contributed by atoms with van der Waals surface area (Å²) in [5, 5.41) is 6.87. The fourth-order valence-electron chi connectivity index (χ4n) is 2.93. The number of nitrogens with two attached hydrogens (primary N) is 1. The van der Waals surface area contributed by atoms with Crippen LogP contribution < -0.4 is 16.4 Å². The summed E-state index contributed by atoms with van der Waals surface area (Å²) >= 11 is 0. The van der Waals surface area contributed by atoms with Gasteiger partial charge in [0.1, 0.15) is 0 Å². The zero-order chi connectivity index (χ0) is 17.4. The second-order valence-corrected chi connectivity index (χ2v) is 6.68. The lowest BCUT2D eigenvalue weighted by Crippen LogP contribution is -2.53. The summed E-state index contributed by atoms with van der Waals surface area (Å²) in [6.07, 6.45) is 1.86. The molecule has 1 aromatic rings. The third kappa shape index (κ3) is 7.33. The van der Waals surface area contributed by atoms with Crippen LogP contribution in [0.5, 0.6) is 0 Å². The molecule has 1 aromatic carbocycles. The summed E-state index contributed by atoms with van der Waals surface area (Å²) in [6.45, 7) is 10.8. The first-order chi connectivity index (χ1) is 11.5. The number of aliphatic imine (C=N–C) groups is 1. The zero-order valence-corrected chi connectivity index (χ0v) is 17.6. The summed E-state index contributed by atoms with van der Waals surface area (Å²) in [5.41, 5.74) is 8.21. The molecule has 1 saturated heterocycles. The maximum atomic E-state index is 5.98. The quantitative estimate of drug-likeness (QED) is 0.254. The monoisotopic (exact) mass is 458 g/mol. The van der Waals surface area contributed by atoms with Gasteiger partial charge in [-0.3, -0.25) is 4.99 Å². The van der Waals surface area contributed by atoms with Crippen molar-refractivity contribution in [3.05, 3.63) is 48.0 Å². The number of halogens is 1. The van der Waals surface area contributed by atoms with E-state index in [-0.39, 0.29) is 35.6 Å². The average Bonchev–Trinajstić information content (AvgIpc) is 2.60. The first kappa shape index (κ1) is 21.9. The largest absolute Gasteiger partial charge is 0.381 e. The van der Waals surface area contributed by atoms with Crippen LogP contribution in [0.1, 0.15) is 38.3 Å². The van der Waals surface area contributed by atoms with Crippen LogP contribution in [0, 0.1) is 0 Å². The maximum Gasteiger partial charge on any atom is 0.188 e. The Hall–Kier alpha value is -1.12. The fraction of sp³-hybridized carbons (Fsp3) is 0.526. The Morgan fingerprint density at radius 3 is 2.56 bits per heavy atom. The van der Waals surface area contributed by atoms with Gasteiger partial charge in [-0.1, -0.05) is 42.5 Å². The Balaban J connectivity index is 0.00000312. The molecule has 0 amide bonds. The molecule has 6 heteroatoms. The Morgan fingerprint density at radius 2 is 1.96 bits per heavy atom. The molecule has 0 aliphatic carbocycles. The molecule has 4 N–H and O–H groups in total. The topological polar surface area (TPSA) is 71.7 Å². The fourth-order valence-corrected chi connectivity index (χ4v) is 2.93. The molecule has 5 nitrogen and oxygen atoms in total. The van der Waals surface area contributed by atoms with E-state index in [0.29, 0.717) is 19.0 Å². The zero-order valence-electron chi connectivity index (χ0n) is 15.3. The molecule has 1 atom stereocenters. The highest BCUT2D eigenvalue weighted by Gasteiger charge is 2.33. The third-order valence-electron chi connectivity index (χ3n) is 4.40. The molecule has 0 aromatic heterocycles. The minimum absolute atomic E-state index is 0. The summed E-state index contributed by atoms with van der Waals surface area (Å²) in [6, 6.07) is 10.7. The van der Waals surface area contributed by atoms with Crippen molar-refractivity contribution >= 4 is 29.9 Å². The molecule has 1 aliphatic rings. The molecule has 1 aliphatic heterocycles. The lowest BCUT2D eigenvalue weighted by atomic mass is 9.88. The van der Waals surface area contributed by atoms with E-state index in [1.807, 2.05) is 13.0 Å². The number of ether oxygens (including phenoxy) is 1. The number of nitrogens with one attached hydrogen (secondary N) is 2. The van der Waals surface area contributed by atoms with Gasteiger partial charge in [0.15, 0.2) is 5.96 Å². The number of guanidine groups is 1. The van der Waals surface area contributed by atoms with E-state index in [9.17, 15) is 0 Å². The molecule has 0 saturated carbocycles. The van der Waals surface area contributed by atoms with E-state index < -0.39 is 0 Å². The van der Waals surface area contributed by atoms with Gasteiger partial charge >= 0.3 is 0 Å². The van der Waals surface area contributed by atoms with E-state index in [4.69, 9.17) is 10.5 Å². The highest BCUT2D eigenvalue weighted by atomic mass is 127. The lowest BCUT2D eigenvalue weighted by Gasteiger charge is -2.39. The SMILES string of the molecule is C=C(C)CNC(N)=NCC1(NC(C)c2ccccc2)CCOCC1.I. The molecule has 0 spiro atoms. The van der Waals surface area contributed by atoms with Crippen molar-refractivity contribution in [2.24, 2.45) is 10.7 Å². The van der Waals surface area contributed by atoms with E-state index in [1.54, 1.807) is 0 Å². The number of hydrogen-bond donors (Lipinski definition) is 3. The van der Waals surface area contributed by atoms with Crippen molar-refractivity contribution in [3.8, 4) is 0 Å². The smallest absolute Gasteiger partial charge is 0.188 e. The van der Waals surface area contributed by atoms with Crippen molar-refractivity contribution in [1.82, 2.24) is 10.6 Å². The van der Waals surface area contributed by atoms with Crippen molar-refractivity contribution in [2.75, 3.05) is 26.3 Å². The second-order valence-electron chi connectivity index (χ2n) is 6.68. The van der Waals surface area contributed by atoms with Gasteiger partial charge < -0.3 is 21.1 Å². The van der Waals surface area contributed by atoms with Gasteiger partial charge in [0, 0.05) is 31.3 Å². The van der Waals surface area contributed by atoms with Crippen LogP contribution in [0.3, 0.4) is 0 Å². The molecule has 0 bridgehead atoms. The van der Waals surface area contributed by atoms with Gasteiger partial charge in [0.05, 0.1) is 6.54 Å². The van der Waals surface area contributed by atoms with Gasteiger partial charge in [-0.25, -0.2) is 0 Å². The van der Waals surface area contributed by atoms with Crippen LogP contribution in [-0.4, -0.2) is 37.8 Å². The van der Waals surface area contributed by atoms with Gasteiger partial charge in [-0.15, -0.1) is 24.0 Å². The lowest BCUT2D eigenvalue weighted by molar-refractivity contribution is 0.0374. The molecular weight excluding hydrogens is 427 g/mol. The number of rotatable bonds is 7. The molecular formula is C19H31IN4O. The predicted molar refractivity (Wildman–Crippen MR) is 115 cm³/mol. The van der Waals surface area contributed by atoms with E-state index in [2.05, 4.69) is 53.4 Å². The average molecular weight is 458 g/mol. The first-order valence-corrected chi connectivity index (χ1v) is 8.59. The van der Waals surface area contributed by atoms with Gasteiger partial charge in [0.2, 0.25) is 0 Å². The minimum atomic E-state index is -0.0803. The Morgan fingerprint density at radius 1 is 1.32 bits per heavy atom. The molecule has 25 heavy (non-hydrogen) atoms. The summed E-state index contributed by atoms with van der Waals surface area (Å²) in [5.74, 6) is 0.470. The summed E-state index contributed by atoms with van der Waals surface area (Å²) in [4.78, 5) is 4.56. The van der Waals surface area contributed by atoms with E-state index in [0.717, 1.165) is 31.6 Å². The van der Waals surface area contributed by atoms with Crippen LogP contribution >= 0.6 is 24.0 Å². The molecule has 0 radical (unpaired) electrons. The van der Waals surface area contributed by atoms with Crippen LogP contribution in [0.25, 0.3) is 0 Å². The molecule has 2 rings (SSSR count). The van der Waals surface area contributed by atoms with Gasteiger partial charge in [-0.05, 0) is 32.3 Å². The van der Waals surface area contributed by atoms with Gasteiger partial charge in [-0.2, -0.15) is 0 Å². The van der Waals surface area contributed by atoms with Crippen molar-refractivity contribution in [2.45, 2.75) is 38.3 Å². The first-order valence-electron chi connectivity index (χ1n) is 8.59. The Bertz CT molecular complexity index is 556. The molecule has 140 valence electrons. The van der Waals surface area contributed by atoms with E-state index >= 15 is 0 Å². The second kappa shape index (κ2) is 10.8. The predicted octanol–water partition coefficient (Wildman–Crippen LogP) is 2.98. The highest BCUT2D eigenvalue weighted by molar-refractivity contribution is 14.0. The van der Waals surface area contributed by atoms with Crippen molar-refractivity contribution < 1.29 is 4.74 Å². The Kier molecular flexibility index (Phi) is 9.45. The molecule has 1 unspecified atom stereocenters. The highest BCUT2D eigenvalue weighted by Crippen LogP contribution is 2.25. The number of benzene rings is 1. The summed E-state index contributed by atoms with van der Waals surface area (Å²) in [7, 11) is 0. The third-order valence-corrected chi connectivity index (χ3v) is 4.40. The van der Waals surface area contributed by atoms with Crippen LogP contribution in [0.15, 0.2) is 47.5 Å². The summed E-state index contributed by atoms with van der Waals surface area (Å²) < 4.78 is 5.55. The normalized spacial score (nSPS) is 18.1. The Labute approximate surface area is 168 Å². The molecule has 1 heterocycles. The van der Waals surface area contributed by atoms with Gasteiger partial charge in [0.25, 0.3) is 0 Å². The van der Waals surface area contributed by atoms with Crippen LogP contribution in [0.2, 0.25) is 0 Å². The van der Waals surface area contributed by atoms with E-state index in [1.165, 1.54) is 5.56 Å². The van der Waals surface area contributed by atoms with Crippen LogP contribution in [0.4, 0.5) is 0 Å². The standard InChI is InChI=1S/C19H30N4O.HI/c1-15(2)13-21-18(20)22-14-19(9-11-24-12-10-19)23-16(3)17-7-5-4-6-8-17;/h4-8,16,23H,1,9-14H2,2-3H3,(H3,20,21,22);1H. The number of hydrogen-bond acceptors (Lipinski definition) is 3. The molecule has 1 fully saturated rings. The van der Waals surface area contributed by atoms with Crippen molar-refractivity contribution in [1.29, 1.82) is 0 Å². The van der Waals surface area contributed by atoms with Crippen molar-refractivity contribution in [3.63, 3.8) is 0 Å². The van der Waals surface area contributed by atoms with Crippen LogP contribution in [-0.2, 0) is 4.74 Å². The maximum absolute atomic E-state index is 5.98. The number of nitrogens with zero attached hydrogens (tertiary/aromatic N) is 1. The minimum Gasteiger partial charge on any atom is -0.381 e.